The molecule has 1 atom stereocenters. The van der Waals surface area contributed by atoms with Crippen LogP contribution in [0.5, 0.6) is 5.75 Å². The lowest BCUT2D eigenvalue weighted by Gasteiger charge is -2.24. The Morgan fingerprint density at radius 3 is 2.66 bits per heavy atom. The maximum Gasteiger partial charge on any atom is 0.159 e. The molecule has 3 heterocycles. The van der Waals surface area contributed by atoms with E-state index in [1.54, 1.807) is 0 Å². The zero-order valence-electron chi connectivity index (χ0n) is 17.8. The monoisotopic (exact) mass is 491 g/mol. The molecule has 2 aromatic heterocycles. The number of para-hydroxylation sites is 1. The van der Waals surface area contributed by atoms with Gasteiger partial charge in [-0.1, -0.05) is 42.5 Å². The second kappa shape index (κ2) is 9.30. The second-order valence-electron chi connectivity index (χ2n) is 8.11. The standard InChI is InChI=1S/C25H26BrN5O/c26-21-16-28-25-22(29-24(30-25)18-10-8-17(15-27)9-11-18)23(21)31-13-4-7-20(12-14-31)32-19-5-2-1-3-6-19/h1-3,5-6,8-11,16,20H,4,7,12-15,27H2,(H,28,29,30). The number of imidazole rings is 1. The zero-order valence-corrected chi connectivity index (χ0v) is 19.4. The highest BCUT2D eigenvalue weighted by Crippen LogP contribution is 2.35. The first-order valence-corrected chi connectivity index (χ1v) is 11.8. The van der Waals surface area contributed by atoms with Crippen molar-refractivity contribution in [3.05, 3.63) is 70.8 Å². The van der Waals surface area contributed by atoms with E-state index in [1.807, 2.05) is 60.8 Å². The van der Waals surface area contributed by atoms with E-state index in [1.165, 1.54) is 0 Å². The summed E-state index contributed by atoms with van der Waals surface area (Å²) in [4.78, 5) is 15.3. The number of nitrogens with two attached hydrogens (primary N) is 1. The van der Waals surface area contributed by atoms with E-state index < -0.39 is 0 Å². The number of fused-ring (bicyclic) bond motifs is 1. The fourth-order valence-electron chi connectivity index (χ4n) is 4.25. The molecule has 1 unspecified atom stereocenters. The Hall–Kier alpha value is -2.90. The van der Waals surface area contributed by atoms with Crippen LogP contribution in [0.3, 0.4) is 0 Å². The Morgan fingerprint density at radius 1 is 1.06 bits per heavy atom. The van der Waals surface area contributed by atoms with E-state index in [0.717, 1.165) is 76.4 Å². The lowest BCUT2D eigenvalue weighted by molar-refractivity contribution is 0.188. The first-order valence-electron chi connectivity index (χ1n) is 11.0. The number of rotatable bonds is 5. The molecular weight excluding hydrogens is 466 g/mol. The summed E-state index contributed by atoms with van der Waals surface area (Å²) in [6, 6.07) is 18.3. The van der Waals surface area contributed by atoms with Gasteiger partial charge in [0.25, 0.3) is 0 Å². The molecule has 0 bridgehead atoms. The Morgan fingerprint density at radius 2 is 1.88 bits per heavy atom. The van der Waals surface area contributed by atoms with Gasteiger partial charge in [-0.05, 0) is 46.5 Å². The van der Waals surface area contributed by atoms with Crippen LogP contribution < -0.4 is 15.4 Å². The van der Waals surface area contributed by atoms with Crippen molar-refractivity contribution < 1.29 is 4.74 Å². The summed E-state index contributed by atoms with van der Waals surface area (Å²) in [7, 11) is 0. The minimum Gasteiger partial charge on any atom is -0.490 e. The molecule has 0 saturated carbocycles. The molecule has 1 aliphatic rings. The van der Waals surface area contributed by atoms with Crippen LogP contribution in [0, 0.1) is 0 Å². The third kappa shape index (κ3) is 4.36. The van der Waals surface area contributed by atoms with Gasteiger partial charge in [-0.25, -0.2) is 9.97 Å². The zero-order chi connectivity index (χ0) is 21.9. The van der Waals surface area contributed by atoms with Gasteiger partial charge in [0.05, 0.1) is 10.2 Å². The van der Waals surface area contributed by atoms with Gasteiger partial charge in [-0.15, -0.1) is 0 Å². The van der Waals surface area contributed by atoms with Crippen LogP contribution in [-0.2, 0) is 6.54 Å². The molecule has 1 saturated heterocycles. The number of aromatic nitrogens is 3. The maximum atomic E-state index is 6.24. The van der Waals surface area contributed by atoms with Crippen molar-refractivity contribution in [2.24, 2.45) is 5.73 Å². The topological polar surface area (TPSA) is 80.1 Å². The van der Waals surface area contributed by atoms with Crippen molar-refractivity contribution in [2.75, 3.05) is 18.0 Å². The first-order chi connectivity index (χ1) is 15.7. The van der Waals surface area contributed by atoms with Crippen LogP contribution in [0.2, 0.25) is 0 Å². The number of aromatic amines is 1. The van der Waals surface area contributed by atoms with Crippen molar-refractivity contribution in [1.82, 2.24) is 15.0 Å². The number of hydrogen-bond acceptors (Lipinski definition) is 5. The number of pyridine rings is 1. The summed E-state index contributed by atoms with van der Waals surface area (Å²) in [5.74, 6) is 1.76. The predicted molar refractivity (Wildman–Crippen MR) is 132 cm³/mol. The van der Waals surface area contributed by atoms with E-state index in [9.17, 15) is 0 Å². The smallest absolute Gasteiger partial charge is 0.159 e. The van der Waals surface area contributed by atoms with E-state index in [-0.39, 0.29) is 6.10 Å². The number of H-pyrrole nitrogens is 1. The van der Waals surface area contributed by atoms with Gasteiger partial charge in [0, 0.05) is 37.8 Å². The fraction of sp³-hybridized carbons (Fsp3) is 0.280. The van der Waals surface area contributed by atoms with Crippen molar-refractivity contribution in [2.45, 2.75) is 31.9 Å². The third-order valence-electron chi connectivity index (χ3n) is 5.94. The average Bonchev–Trinajstić information content (AvgIpc) is 3.13. The summed E-state index contributed by atoms with van der Waals surface area (Å²) < 4.78 is 7.20. The van der Waals surface area contributed by atoms with Crippen molar-refractivity contribution in [3.8, 4) is 17.1 Å². The van der Waals surface area contributed by atoms with E-state index in [2.05, 4.69) is 30.8 Å². The number of anilines is 1. The summed E-state index contributed by atoms with van der Waals surface area (Å²) in [6.07, 6.45) is 5.14. The molecule has 1 fully saturated rings. The SMILES string of the molecule is NCc1ccc(-c2nc3c(N4CCCC(Oc5ccccc5)CC4)c(Br)cnc3[nH]2)cc1. The molecule has 164 valence electrons. The Labute approximate surface area is 196 Å². The quantitative estimate of drug-likeness (QED) is 0.396. The highest BCUT2D eigenvalue weighted by molar-refractivity contribution is 9.10. The first kappa shape index (κ1) is 21.0. The summed E-state index contributed by atoms with van der Waals surface area (Å²) >= 11 is 3.73. The molecule has 6 nitrogen and oxygen atoms in total. The molecule has 1 aliphatic heterocycles. The van der Waals surface area contributed by atoms with Crippen LogP contribution in [0.4, 0.5) is 5.69 Å². The molecule has 3 N–H and O–H groups in total. The van der Waals surface area contributed by atoms with Crippen molar-refractivity contribution in [1.29, 1.82) is 0 Å². The highest BCUT2D eigenvalue weighted by atomic mass is 79.9. The van der Waals surface area contributed by atoms with Gasteiger partial charge < -0.3 is 20.4 Å². The largest absolute Gasteiger partial charge is 0.490 e. The predicted octanol–water partition coefficient (Wildman–Crippen LogP) is 5.28. The minimum atomic E-state index is 0.217. The minimum absolute atomic E-state index is 0.217. The average molecular weight is 492 g/mol. The summed E-state index contributed by atoms with van der Waals surface area (Å²) in [6.45, 7) is 2.39. The molecule has 4 aromatic rings. The normalized spacial score (nSPS) is 16.8. The van der Waals surface area contributed by atoms with Crippen LogP contribution in [0.25, 0.3) is 22.6 Å². The molecule has 5 rings (SSSR count). The van der Waals surface area contributed by atoms with Gasteiger partial charge in [-0.3, -0.25) is 0 Å². The van der Waals surface area contributed by atoms with Crippen LogP contribution in [0.15, 0.2) is 65.3 Å². The third-order valence-corrected chi connectivity index (χ3v) is 6.52. The van der Waals surface area contributed by atoms with Crippen LogP contribution >= 0.6 is 15.9 Å². The molecule has 7 heteroatoms. The van der Waals surface area contributed by atoms with E-state index in [4.69, 9.17) is 15.5 Å². The van der Waals surface area contributed by atoms with E-state index in [0.29, 0.717) is 6.54 Å². The lowest BCUT2D eigenvalue weighted by atomic mass is 10.1. The summed E-state index contributed by atoms with van der Waals surface area (Å²) in [5, 5.41) is 0. The van der Waals surface area contributed by atoms with Crippen LogP contribution in [-0.4, -0.2) is 34.1 Å². The number of halogens is 1. The van der Waals surface area contributed by atoms with Gasteiger partial charge in [0.2, 0.25) is 0 Å². The summed E-state index contributed by atoms with van der Waals surface area (Å²) in [5.41, 5.74) is 10.6. The molecular formula is C25H26BrN5O. The Balaban J connectivity index is 1.40. The van der Waals surface area contributed by atoms with Crippen molar-refractivity contribution >= 4 is 32.8 Å². The molecule has 0 radical (unpaired) electrons. The number of nitrogens with one attached hydrogen (secondary N) is 1. The lowest BCUT2D eigenvalue weighted by Crippen LogP contribution is -2.26. The second-order valence-corrected chi connectivity index (χ2v) is 8.96. The fourth-order valence-corrected chi connectivity index (χ4v) is 4.79. The van der Waals surface area contributed by atoms with Crippen molar-refractivity contribution in [3.63, 3.8) is 0 Å². The number of nitrogens with zero attached hydrogens (tertiary/aromatic N) is 3. The molecule has 2 aromatic carbocycles. The maximum absolute atomic E-state index is 6.24. The molecule has 0 amide bonds. The van der Waals surface area contributed by atoms with Gasteiger partial charge in [0.1, 0.15) is 23.2 Å². The number of benzene rings is 2. The number of ether oxygens (including phenoxy) is 1. The number of hydrogen-bond donors (Lipinski definition) is 2. The molecule has 32 heavy (non-hydrogen) atoms. The van der Waals surface area contributed by atoms with Gasteiger partial charge >= 0.3 is 0 Å². The highest BCUT2D eigenvalue weighted by Gasteiger charge is 2.23. The van der Waals surface area contributed by atoms with Crippen LogP contribution in [0.1, 0.15) is 24.8 Å². The molecule has 0 spiro atoms. The van der Waals surface area contributed by atoms with Gasteiger partial charge in [-0.2, -0.15) is 0 Å². The Kier molecular flexibility index (Phi) is 6.10. The molecule has 0 aliphatic carbocycles. The Bertz CT molecular complexity index is 1190. The van der Waals surface area contributed by atoms with E-state index >= 15 is 0 Å². The van der Waals surface area contributed by atoms with Gasteiger partial charge in [0.15, 0.2) is 5.65 Å².